The van der Waals surface area contributed by atoms with Gasteiger partial charge in [0.25, 0.3) is 0 Å². The predicted octanol–water partition coefficient (Wildman–Crippen LogP) is 2.06. The van der Waals surface area contributed by atoms with Crippen LogP contribution in [0.15, 0.2) is 24.7 Å². The van der Waals surface area contributed by atoms with Crippen molar-refractivity contribution in [2.45, 2.75) is 45.1 Å². The Labute approximate surface area is 140 Å². The fraction of sp³-hybridized carbons (Fsp3) is 0.562. The van der Waals surface area contributed by atoms with Gasteiger partial charge in [-0.05, 0) is 40.8 Å². The van der Waals surface area contributed by atoms with Gasteiger partial charge in [-0.25, -0.2) is 9.67 Å². The SMILES string of the molecule is COc1ncccc1NC(=O)CC1(Cn2cnnn2)CCCCC1. The normalized spacial score (nSPS) is 16.5. The van der Waals surface area contributed by atoms with Gasteiger partial charge in [-0.1, -0.05) is 19.3 Å². The molecule has 2 aromatic heterocycles. The minimum atomic E-state index is -0.104. The van der Waals surface area contributed by atoms with Crippen molar-refractivity contribution in [1.82, 2.24) is 25.2 Å². The van der Waals surface area contributed by atoms with Crippen LogP contribution in [0, 0.1) is 5.41 Å². The van der Waals surface area contributed by atoms with Crippen LogP contribution in [-0.4, -0.2) is 38.2 Å². The van der Waals surface area contributed by atoms with Crippen molar-refractivity contribution in [3.05, 3.63) is 24.7 Å². The van der Waals surface area contributed by atoms with Gasteiger partial charge in [0.2, 0.25) is 11.8 Å². The second kappa shape index (κ2) is 7.37. The standard InChI is InChI=1S/C16H22N6O2/c1-24-15-13(6-5-9-17-15)19-14(23)10-16(7-3-2-4-8-16)11-22-12-18-20-21-22/h5-6,9,12H,2-4,7-8,10-11H2,1H3,(H,19,23). The quantitative estimate of drug-likeness (QED) is 0.871. The number of hydrogen-bond donors (Lipinski definition) is 1. The van der Waals surface area contributed by atoms with E-state index in [1.807, 2.05) is 0 Å². The van der Waals surface area contributed by atoms with Gasteiger partial charge in [0.05, 0.1) is 13.7 Å². The molecule has 0 bridgehead atoms. The van der Waals surface area contributed by atoms with Crippen LogP contribution in [0.25, 0.3) is 0 Å². The highest BCUT2D eigenvalue weighted by atomic mass is 16.5. The lowest BCUT2D eigenvalue weighted by atomic mass is 9.71. The van der Waals surface area contributed by atoms with E-state index < -0.39 is 0 Å². The fourth-order valence-corrected chi connectivity index (χ4v) is 3.47. The fourth-order valence-electron chi connectivity index (χ4n) is 3.47. The molecule has 1 N–H and O–H groups in total. The second-order valence-electron chi connectivity index (χ2n) is 6.35. The highest BCUT2D eigenvalue weighted by Crippen LogP contribution is 2.41. The van der Waals surface area contributed by atoms with Crippen LogP contribution in [0.3, 0.4) is 0 Å². The molecule has 0 atom stereocenters. The topological polar surface area (TPSA) is 94.8 Å². The Bertz CT molecular complexity index is 667. The van der Waals surface area contributed by atoms with Crippen LogP contribution in [0.4, 0.5) is 5.69 Å². The molecule has 8 nitrogen and oxygen atoms in total. The molecular weight excluding hydrogens is 308 g/mol. The van der Waals surface area contributed by atoms with E-state index in [9.17, 15) is 4.79 Å². The van der Waals surface area contributed by atoms with E-state index in [0.717, 1.165) is 25.7 Å². The van der Waals surface area contributed by atoms with E-state index in [1.54, 1.807) is 36.4 Å². The Morgan fingerprint density at radius 2 is 2.21 bits per heavy atom. The maximum atomic E-state index is 12.6. The summed E-state index contributed by atoms with van der Waals surface area (Å²) in [6, 6.07) is 3.56. The molecule has 0 unspecified atom stereocenters. The Kier molecular flexibility index (Phi) is 5.02. The second-order valence-corrected chi connectivity index (χ2v) is 6.35. The molecule has 2 heterocycles. The minimum Gasteiger partial charge on any atom is -0.480 e. The van der Waals surface area contributed by atoms with Crippen LogP contribution >= 0.6 is 0 Å². The van der Waals surface area contributed by atoms with Gasteiger partial charge < -0.3 is 10.1 Å². The summed E-state index contributed by atoms with van der Waals surface area (Å²) >= 11 is 0. The first-order chi connectivity index (χ1) is 11.7. The third-order valence-electron chi connectivity index (χ3n) is 4.58. The maximum absolute atomic E-state index is 12.6. The van der Waals surface area contributed by atoms with Gasteiger partial charge in [-0.2, -0.15) is 0 Å². The molecule has 8 heteroatoms. The van der Waals surface area contributed by atoms with Crippen molar-refractivity contribution in [2.75, 3.05) is 12.4 Å². The van der Waals surface area contributed by atoms with Crippen LogP contribution in [0.1, 0.15) is 38.5 Å². The number of aromatic nitrogens is 5. The molecule has 0 saturated heterocycles. The number of amides is 1. The van der Waals surface area contributed by atoms with Crippen molar-refractivity contribution in [2.24, 2.45) is 5.41 Å². The van der Waals surface area contributed by atoms with Gasteiger partial charge in [-0.15, -0.1) is 5.10 Å². The zero-order chi connectivity index (χ0) is 16.8. The Hall–Kier alpha value is -2.51. The van der Waals surface area contributed by atoms with Gasteiger partial charge in [0, 0.05) is 12.6 Å². The van der Waals surface area contributed by atoms with Gasteiger partial charge in [-0.3, -0.25) is 4.79 Å². The van der Waals surface area contributed by atoms with Crippen molar-refractivity contribution >= 4 is 11.6 Å². The molecule has 1 aliphatic rings. The van der Waals surface area contributed by atoms with Crippen molar-refractivity contribution in [3.8, 4) is 5.88 Å². The molecule has 3 rings (SSSR count). The molecule has 2 aromatic rings. The lowest BCUT2D eigenvalue weighted by Gasteiger charge is -2.36. The third-order valence-corrected chi connectivity index (χ3v) is 4.58. The summed E-state index contributed by atoms with van der Waals surface area (Å²) in [7, 11) is 1.54. The molecule has 0 spiro atoms. The number of tetrazole rings is 1. The molecule has 0 radical (unpaired) electrons. The van der Waals surface area contributed by atoms with Crippen LogP contribution < -0.4 is 10.1 Å². The number of anilines is 1. The predicted molar refractivity (Wildman–Crippen MR) is 87.4 cm³/mol. The molecular formula is C16H22N6O2. The summed E-state index contributed by atoms with van der Waals surface area (Å²) in [6.45, 7) is 0.664. The molecule has 24 heavy (non-hydrogen) atoms. The summed E-state index contributed by atoms with van der Waals surface area (Å²) in [4.78, 5) is 16.7. The van der Waals surface area contributed by atoms with Crippen LogP contribution in [-0.2, 0) is 11.3 Å². The average molecular weight is 330 g/mol. The molecule has 1 fully saturated rings. The zero-order valence-electron chi connectivity index (χ0n) is 13.8. The number of rotatable bonds is 6. The average Bonchev–Trinajstić information content (AvgIpc) is 3.08. The molecule has 128 valence electrons. The Balaban J connectivity index is 1.71. The van der Waals surface area contributed by atoms with E-state index in [4.69, 9.17) is 4.74 Å². The van der Waals surface area contributed by atoms with E-state index in [0.29, 0.717) is 24.5 Å². The lowest BCUT2D eigenvalue weighted by molar-refractivity contribution is -0.119. The Morgan fingerprint density at radius 1 is 1.38 bits per heavy atom. The van der Waals surface area contributed by atoms with Gasteiger partial charge >= 0.3 is 0 Å². The number of nitrogens with zero attached hydrogens (tertiary/aromatic N) is 5. The molecule has 1 saturated carbocycles. The number of methoxy groups -OCH3 is 1. The molecule has 0 aromatic carbocycles. The number of hydrogen-bond acceptors (Lipinski definition) is 6. The van der Waals surface area contributed by atoms with Crippen molar-refractivity contribution in [3.63, 3.8) is 0 Å². The maximum Gasteiger partial charge on any atom is 0.237 e. The monoisotopic (exact) mass is 330 g/mol. The third kappa shape index (κ3) is 3.87. The summed E-state index contributed by atoms with van der Waals surface area (Å²) in [5.74, 6) is 0.389. The van der Waals surface area contributed by atoms with E-state index in [1.165, 1.54) is 6.42 Å². The van der Waals surface area contributed by atoms with Crippen LogP contribution in [0.5, 0.6) is 5.88 Å². The van der Waals surface area contributed by atoms with E-state index in [-0.39, 0.29) is 11.3 Å². The number of ether oxygens (including phenoxy) is 1. The lowest BCUT2D eigenvalue weighted by Crippen LogP contribution is -2.34. The largest absolute Gasteiger partial charge is 0.480 e. The smallest absolute Gasteiger partial charge is 0.237 e. The summed E-state index contributed by atoms with van der Waals surface area (Å²) in [5, 5.41) is 14.3. The first kappa shape index (κ1) is 16.4. The number of carbonyl (C=O) groups is 1. The first-order valence-corrected chi connectivity index (χ1v) is 8.20. The first-order valence-electron chi connectivity index (χ1n) is 8.20. The van der Waals surface area contributed by atoms with E-state index >= 15 is 0 Å². The van der Waals surface area contributed by atoms with Crippen molar-refractivity contribution < 1.29 is 9.53 Å². The number of pyridine rings is 1. The van der Waals surface area contributed by atoms with Gasteiger partial charge in [0.1, 0.15) is 12.0 Å². The van der Waals surface area contributed by atoms with Gasteiger partial charge in [0.15, 0.2) is 0 Å². The van der Waals surface area contributed by atoms with E-state index in [2.05, 4.69) is 25.8 Å². The molecule has 1 aliphatic carbocycles. The number of nitrogens with one attached hydrogen (secondary N) is 1. The molecule has 0 aliphatic heterocycles. The number of carbonyl (C=O) groups excluding carboxylic acids is 1. The highest BCUT2D eigenvalue weighted by Gasteiger charge is 2.35. The Morgan fingerprint density at radius 3 is 2.92 bits per heavy atom. The highest BCUT2D eigenvalue weighted by molar-refractivity contribution is 5.92. The minimum absolute atomic E-state index is 0.0312. The van der Waals surface area contributed by atoms with Crippen LogP contribution in [0.2, 0.25) is 0 Å². The summed E-state index contributed by atoms with van der Waals surface area (Å²) in [5.41, 5.74) is 0.492. The summed E-state index contributed by atoms with van der Waals surface area (Å²) < 4.78 is 6.92. The zero-order valence-corrected chi connectivity index (χ0v) is 13.8. The summed E-state index contributed by atoms with van der Waals surface area (Å²) in [6.07, 6.45) is 9.17. The molecule has 1 amide bonds. The van der Waals surface area contributed by atoms with Crippen molar-refractivity contribution in [1.29, 1.82) is 0 Å².